The van der Waals surface area contributed by atoms with Crippen molar-refractivity contribution in [3.63, 3.8) is 0 Å². The molecule has 1 heterocycles. The molecule has 0 amide bonds. The zero-order valence-corrected chi connectivity index (χ0v) is 21.6. The van der Waals surface area contributed by atoms with Crippen LogP contribution in [0.1, 0.15) is 24.0 Å². The molecule has 196 valence electrons. The van der Waals surface area contributed by atoms with E-state index in [1.165, 1.54) is 11.8 Å². The second-order valence-corrected chi connectivity index (χ2v) is 9.58. The van der Waals surface area contributed by atoms with E-state index in [1.807, 2.05) is 84.9 Å². The van der Waals surface area contributed by atoms with Crippen molar-refractivity contribution in [2.75, 3.05) is 19.0 Å². The highest BCUT2D eigenvalue weighted by molar-refractivity contribution is 8.00. The molecule has 0 saturated carbocycles. The summed E-state index contributed by atoms with van der Waals surface area (Å²) in [7, 11) is 0. The van der Waals surface area contributed by atoms with Crippen molar-refractivity contribution in [1.29, 1.82) is 0 Å². The summed E-state index contributed by atoms with van der Waals surface area (Å²) in [6.45, 7) is 1.05. The van der Waals surface area contributed by atoms with Crippen LogP contribution in [0.25, 0.3) is 23.1 Å². The highest BCUT2D eigenvalue weighted by atomic mass is 32.2. The second-order valence-electron chi connectivity index (χ2n) is 8.56. The van der Waals surface area contributed by atoms with Crippen LogP contribution in [0, 0.1) is 0 Å². The van der Waals surface area contributed by atoms with Gasteiger partial charge in [-0.3, -0.25) is 9.59 Å². The highest BCUT2D eigenvalue weighted by Gasteiger charge is 2.14. The SMILES string of the molecule is O=C(O)CSc1cn(CC(=O)O)c2c(/C=C/c3ccc(OCCCCOc4ccccc4)cc3)cccc12. The maximum atomic E-state index is 11.4. The van der Waals surface area contributed by atoms with Crippen LogP contribution >= 0.6 is 11.8 Å². The van der Waals surface area contributed by atoms with Crippen LogP contribution in [-0.4, -0.2) is 45.7 Å². The minimum atomic E-state index is -0.963. The van der Waals surface area contributed by atoms with E-state index < -0.39 is 11.9 Å². The summed E-state index contributed by atoms with van der Waals surface area (Å²) in [6.07, 6.45) is 7.41. The molecule has 0 atom stereocenters. The lowest BCUT2D eigenvalue weighted by Crippen LogP contribution is -2.07. The van der Waals surface area contributed by atoms with Crippen molar-refractivity contribution in [2.24, 2.45) is 0 Å². The van der Waals surface area contributed by atoms with Gasteiger partial charge in [0.05, 0.1) is 24.5 Å². The van der Waals surface area contributed by atoms with Gasteiger partial charge >= 0.3 is 11.9 Å². The lowest BCUT2D eigenvalue weighted by Gasteiger charge is -2.08. The number of fused-ring (bicyclic) bond motifs is 1. The van der Waals surface area contributed by atoms with Crippen LogP contribution in [0.2, 0.25) is 0 Å². The number of benzene rings is 3. The van der Waals surface area contributed by atoms with E-state index in [0.29, 0.717) is 13.2 Å². The summed E-state index contributed by atoms with van der Waals surface area (Å²) in [5.41, 5.74) is 2.58. The van der Waals surface area contributed by atoms with Crippen LogP contribution in [0.4, 0.5) is 0 Å². The number of carboxylic acids is 2. The number of unbranched alkanes of at least 4 members (excludes halogenated alkanes) is 1. The molecule has 0 fully saturated rings. The number of carbonyl (C=O) groups is 2. The molecular formula is C30H29NO6S. The molecule has 0 radical (unpaired) electrons. The minimum Gasteiger partial charge on any atom is -0.494 e. The predicted molar refractivity (Wildman–Crippen MR) is 150 cm³/mol. The number of thioether (sulfide) groups is 1. The molecule has 4 rings (SSSR count). The molecule has 7 nitrogen and oxygen atoms in total. The molecule has 0 aliphatic heterocycles. The fraction of sp³-hybridized carbons (Fsp3) is 0.200. The van der Waals surface area contributed by atoms with Gasteiger partial charge in [-0.1, -0.05) is 60.7 Å². The van der Waals surface area contributed by atoms with E-state index in [0.717, 1.165) is 51.3 Å². The molecule has 8 heteroatoms. The van der Waals surface area contributed by atoms with Crippen molar-refractivity contribution in [3.05, 3.63) is 90.1 Å². The first-order valence-corrected chi connectivity index (χ1v) is 13.3. The number of para-hydroxylation sites is 2. The van der Waals surface area contributed by atoms with Crippen molar-refractivity contribution >= 4 is 46.8 Å². The molecule has 4 aromatic rings. The van der Waals surface area contributed by atoms with E-state index in [-0.39, 0.29) is 12.3 Å². The fourth-order valence-corrected chi connectivity index (χ4v) is 4.78. The first-order chi connectivity index (χ1) is 18.5. The molecular weight excluding hydrogens is 502 g/mol. The second kappa shape index (κ2) is 13.4. The quantitative estimate of drug-likeness (QED) is 0.112. The van der Waals surface area contributed by atoms with Gasteiger partial charge in [0.25, 0.3) is 0 Å². The largest absolute Gasteiger partial charge is 0.494 e. The topological polar surface area (TPSA) is 98.0 Å². The van der Waals surface area contributed by atoms with Gasteiger partial charge < -0.3 is 24.3 Å². The summed E-state index contributed by atoms with van der Waals surface area (Å²) >= 11 is 1.18. The third kappa shape index (κ3) is 7.66. The molecule has 1 aromatic heterocycles. The van der Waals surface area contributed by atoms with Crippen LogP contribution in [0.5, 0.6) is 11.5 Å². The number of hydrogen-bond donors (Lipinski definition) is 2. The van der Waals surface area contributed by atoms with Gasteiger partial charge in [-0.05, 0) is 48.2 Å². The Morgan fingerprint density at radius 1 is 0.789 bits per heavy atom. The van der Waals surface area contributed by atoms with Crippen LogP contribution in [-0.2, 0) is 16.1 Å². The molecule has 0 aliphatic rings. The number of aliphatic carboxylic acids is 2. The van der Waals surface area contributed by atoms with Crippen LogP contribution < -0.4 is 9.47 Å². The maximum Gasteiger partial charge on any atom is 0.323 e. The smallest absolute Gasteiger partial charge is 0.323 e. The molecule has 0 unspecified atom stereocenters. The van der Waals surface area contributed by atoms with E-state index in [9.17, 15) is 14.7 Å². The third-order valence-electron chi connectivity index (χ3n) is 5.70. The Bertz CT molecular complexity index is 1400. The summed E-state index contributed by atoms with van der Waals surface area (Å²) in [4.78, 5) is 23.2. The van der Waals surface area contributed by atoms with Gasteiger partial charge in [0.15, 0.2) is 0 Å². The third-order valence-corrected chi connectivity index (χ3v) is 6.73. The maximum absolute atomic E-state index is 11.4. The summed E-state index contributed by atoms with van der Waals surface area (Å²) < 4.78 is 13.2. The molecule has 38 heavy (non-hydrogen) atoms. The number of nitrogens with zero attached hydrogens (tertiary/aromatic N) is 1. The minimum absolute atomic E-state index is 0.0951. The molecule has 0 bridgehead atoms. The van der Waals surface area contributed by atoms with Crippen molar-refractivity contribution in [2.45, 2.75) is 24.3 Å². The Labute approximate surface area is 225 Å². The Hall–Kier alpha value is -4.17. The Balaban J connectivity index is 1.36. The van der Waals surface area contributed by atoms with Crippen molar-refractivity contribution in [3.8, 4) is 11.5 Å². The van der Waals surface area contributed by atoms with Crippen LogP contribution in [0.3, 0.4) is 0 Å². The summed E-state index contributed by atoms with van der Waals surface area (Å²) in [5, 5.41) is 19.3. The highest BCUT2D eigenvalue weighted by Crippen LogP contribution is 2.33. The first kappa shape index (κ1) is 26.9. The van der Waals surface area contributed by atoms with Gasteiger partial charge in [0.1, 0.15) is 18.0 Å². The normalized spacial score (nSPS) is 11.2. The number of aromatic nitrogens is 1. The molecule has 3 aromatic carbocycles. The van der Waals surface area contributed by atoms with Gasteiger partial charge in [-0.15, -0.1) is 11.8 Å². The lowest BCUT2D eigenvalue weighted by molar-refractivity contribution is -0.137. The van der Waals surface area contributed by atoms with Gasteiger partial charge in [0, 0.05) is 16.5 Å². The van der Waals surface area contributed by atoms with Gasteiger partial charge in [0.2, 0.25) is 0 Å². The fourth-order valence-electron chi connectivity index (χ4n) is 3.98. The standard InChI is InChI=1S/C30H29NO6S/c32-28(33)20-31-19-27(38-21-29(34)35)26-10-6-7-23(30(26)31)14-11-22-12-15-25(16-13-22)37-18-5-4-17-36-24-8-2-1-3-9-24/h1-3,6-16,19H,4-5,17-18,20-21H2,(H,32,33)(H,34,35)/b14-11+. The van der Waals surface area contributed by atoms with Gasteiger partial charge in [-0.25, -0.2) is 0 Å². The van der Waals surface area contributed by atoms with Gasteiger partial charge in [-0.2, -0.15) is 0 Å². The number of hydrogen-bond acceptors (Lipinski definition) is 5. The van der Waals surface area contributed by atoms with E-state index in [1.54, 1.807) is 10.8 Å². The molecule has 0 spiro atoms. The van der Waals surface area contributed by atoms with E-state index in [2.05, 4.69) is 0 Å². The Kier molecular flexibility index (Phi) is 9.48. The molecule has 2 N–H and O–H groups in total. The lowest BCUT2D eigenvalue weighted by atomic mass is 10.1. The molecule has 0 saturated heterocycles. The average molecular weight is 532 g/mol. The van der Waals surface area contributed by atoms with E-state index >= 15 is 0 Å². The van der Waals surface area contributed by atoms with Crippen LogP contribution in [0.15, 0.2) is 83.9 Å². The number of carboxylic acid groups (broad SMARTS) is 2. The molecule has 0 aliphatic carbocycles. The average Bonchev–Trinajstić information content (AvgIpc) is 3.26. The van der Waals surface area contributed by atoms with Crippen molar-refractivity contribution < 1.29 is 29.3 Å². The zero-order valence-electron chi connectivity index (χ0n) is 20.8. The number of ether oxygens (including phenoxy) is 2. The zero-order chi connectivity index (χ0) is 26.7. The Morgan fingerprint density at radius 2 is 1.47 bits per heavy atom. The Morgan fingerprint density at radius 3 is 2.13 bits per heavy atom. The van der Waals surface area contributed by atoms with E-state index in [4.69, 9.17) is 14.6 Å². The summed E-state index contributed by atoms with van der Waals surface area (Å²) in [5.74, 6) is -0.309. The first-order valence-electron chi connectivity index (χ1n) is 12.3. The number of rotatable bonds is 14. The summed E-state index contributed by atoms with van der Waals surface area (Å²) in [6, 6.07) is 23.2. The van der Waals surface area contributed by atoms with Crippen molar-refractivity contribution in [1.82, 2.24) is 4.57 Å². The predicted octanol–water partition coefficient (Wildman–Crippen LogP) is 6.31. The monoisotopic (exact) mass is 531 g/mol.